The number of likely N-dealkylation sites (tertiary alicyclic amines) is 1. The van der Waals surface area contributed by atoms with Gasteiger partial charge in [0.05, 0.1) is 19.3 Å². The number of ether oxygens (including phenoxy) is 1. The lowest BCUT2D eigenvalue weighted by molar-refractivity contribution is -0.128. The van der Waals surface area contributed by atoms with Crippen LogP contribution < -0.4 is 10.2 Å². The van der Waals surface area contributed by atoms with Gasteiger partial charge in [-0.2, -0.15) is 0 Å². The average molecular weight is 408 g/mol. The van der Waals surface area contributed by atoms with E-state index in [0.717, 1.165) is 50.4 Å². The van der Waals surface area contributed by atoms with Crippen molar-refractivity contribution >= 4 is 17.5 Å². The number of nitrogens with zero attached hydrogens (tertiary/aromatic N) is 2. The molecular formula is C24H29N3O3. The Balaban J connectivity index is 1.37. The average Bonchev–Trinajstić information content (AvgIpc) is 3.19. The normalized spacial score (nSPS) is 17.8. The van der Waals surface area contributed by atoms with E-state index in [-0.39, 0.29) is 17.9 Å². The number of benzene rings is 2. The van der Waals surface area contributed by atoms with Gasteiger partial charge in [0.2, 0.25) is 5.91 Å². The maximum absolute atomic E-state index is 12.8. The second-order valence-corrected chi connectivity index (χ2v) is 8.01. The van der Waals surface area contributed by atoms with E-state index < -0.39 is 0 Å². The minimum absolute atomic E-state index is 0.0972. The van der Waals surface area contributed by atoms with Crippen molar-refractivity contribution in [2.75, 3.05) is 37.7 Å². The Hall–Kier alpha value is -2.86. The second kappa shape index (κ2) is 9.30. The van der Waals surface area contributed by atoms with Crippen molar-refractivity contribution in [2.24, 2.45) is 0 Å². The summed E-state index contributed by atoms with van der Waals surface area (Å²) < 4.78 is 5.41. The highest BCUT2D eigenvalue weighted by atomic mass is 16.5. The number of anilines is 1. The summed E-state index contributed by atoms with van der Waals surface area (Å²) >= 11 is 0. The topological polar surface area (TPSA) is 61.9 Å². The summed E-state index contributed by atoms with van der Waals surface area (Å²) in [5, 5.41) is 3.09. The van der Waals surface area contributed by atoms with E-state index in [9.17, 15) is 9.59 Å². The Labute approximate surface area is 177 Å². The third kappa shape index (κ3) is 4.82. The fourth-order valence-corrected chi connectivity index (χ4v) is 4.06. The van der Waals surface area contributed by atoms with Crippen molar-refractivity contribution in [1.29, 1.82) is 0 Å². The molecule has 2 aliphatic rings. The molecule has 0 bridgehead atoms. The molecule has 0 unspecified atom stereocenters. The number of nitrogens with one attached hydrogen (secondary N) is 1. The number of rotatable bonds is 6. The van der Waals surface area contributed by atoms with Crippen molar-refractivity contribution in [3.05, 3.63) is 65.2 Å². The zero-order valence-electron chi connectivity index (χ0n) is 17.5. The molecule has 158 valence electrons. The number of amides is 2. The van der Waals surface area contributed by atoms with Crippen LogP contribution in [0.2, 0.25) is 0 Å². The van der Waals surface area contributed by atoms with Crippen molar-refractivity contribution < 1.29 is 14.3 Å². The van der Waals surface area contributed by atoms with Gasteiger partial charge in [0.25, 0.3) is 5.91 Å². The quantitative estimate of drug-likeness (QED) is 0.799. The zero-order chi connectivity index (χ0) is 20.9. The van der Waals surface area contributed by atoms with Crippen molar-refractivity contribution in [3.63, 3.8) is 0 Å². The van der Waals surface area contributed by atoms with Gasteiger partial charge in [-0.25, -0.2) is 0 Å². The van der Waals surface area contributed by atoms with Crippen molar-refractivity contribution in [1.82, 2.24) is 10.2 Å². The van der Waals surface area contributed by atoms with E-state index in [4.69, 9.17) is 4.74 Å². The largest absolute Gasteiger partial charge is 0.378 e. The van der Waals surface area contributed by atoms with Crippen LogP contribution in [0.15, 0.2) is 48.5 Å². The zero-order valence-corrected chi connectivity index (χ0v) is 17.5. The molecule has 2 fully saturated rings. The van der Waals surface area contributed by atoms with Crippen LogP contribution in [0.1, 0.15) is 47.3 Å². The van der Waals surface area contributed by atoms with E-state index in [1.54, 1.807) is 0 Å². The summed E-state index contributed by atoms with van der Waals surface area (Å²) in [6.45, 7) is 6.70. The van der Waals surface area contributed by atoms with Crippen molar-refractivity contribution in [3.8, 4) is 0 Å². The highest BCUT2D eigenvalue weighted by Gasteiger charge is 2.20. The smallest absolute Gasteiger partial charge is 0.251 e. The van der Waals surface area contributed by atoms with E-state index in [1.165, 1.54) is 5.69 Å². The summed E-state index contributed by atoms with van der Waals surface area (Å²) in [6, 6.07) is 15.8. The Morgan fingerprint density at radius 1 is 1.10 bits per heavy atom. The van der Waals surface area contributed by atoms with Gasteiger partial charge >= 0.3 is 0 Å². The summed E-state index contributed by atoms with van der Waals surface area (Å²) in [4.78, 5) is 28.8. The summed E-state index contributed by atoms with van der Waals surface area (Å²) in [7, 11) is 0. The highest BCUT2D eigenvalue weighted by molar-refractivity contribution is 5.94. The van der Waals surface area contributed by atoms with E-state index >= 15 is 0 Å². The lowest BCUT2D eigenvalue weighted by Crippen LogP contribution is -2.36. The second-order valence-electron chi connectivity index (χ2n) is 8.01. The van der Waals surface area contributed by atoms with E-state index in [1.807, 2.05) is 36.1 Å². The molecule has 6 heteroatoms. The molecule has 30 heavy (non-hydrogen) atoms. The number of hydrogen-bond donors (Lipinski definition) is 1. The highest BCUT2D eigenvalue weighted by Crippen LogP contribution is 2.21. The number of morpholine rings is 1. The fourth-order valence-electron chi connectivity index (χ4n) is 4.06. The third-order valence-electron chi connectivity index (χ3n) is 5.85. The summed E-state index contributed by atoms with van der Waals surface area (Å²) in [5.41, 5.74) is 3.86. The van der Waals surface area contributed by atoms with Crippen LogP contribution in [-0.4, -0.2) is 49.6 Å². The van der Waals surface area contributed by atoms with Crippen LogP contribution in [0.4, 0.5) is 5.69 Å². The molecule has 2 heterocycles. The minimum atomic E-state index is -0.102. The molecule has 2 amide bonds. The van der Waals surface area contributed by atoms with Crippen LogP contribution in [0, 0.1) is 0 Å². The Bertz CT molecular complexity index is 891. The predicted molar refractivity (Wildman–Crippen MR) is 116 cm³/mol. The molecule has 4 rings (SSSR count). The summed E-state index contributed by atoms with van der Waals surface area (Å²) in [6.07, 6.45) is 1.54. The third-order valence-corrected chi connectivity index (χ3v) is 5.85. The minimum Gasteiger partial charge on any atom is -0.378 e. The first-order valence-corrected chi connectivity index (χ1v) is 10.7. The number of hydrogen-bond acceptors (Lipinski definition) is 4. The first kappa shape index (κ1) is 20.4. The van der Waals surface area contributed by atoms with Gasteiger partial charge < -0.3 is 19.9 Å². The summed E-state index contributed by atoms with van der Waals surface area (Å²) in [5.74, 6) is 0.0911. The lowest BCUT2D eigenvalue weighted by atomic mass is 10.1. The Morgan fingerprint density at radius 3 is 2.57 bits per heavy atom. The first-order chi connectivity index (χ1) is 14.6. The molecule has 0 saturated carbocycles. The first-order valence-electron chi connectivity index (χ1n) is 10.7. The van der Waals surface area contributed by atoms with Gasteiger partial charge in [-0.3, -0.25) is 9.59 Å². The predicted octanol–water partition coefficient (Wildman–Crippen LogP) is 3.14. The number of carbonyl (C=O) groups excluding carboxylic acids is 2. The van der Waals surface area contributed by atoms with Crippen LogP contribution in [0.25, 0.3) is 0 Å². The van der Waals surface area contributed by atoms with Crippen LogP contribution >= 0.6 is 0 Å². The van der Waals surface area contributed by atoms with Gasteiger partial charge in [-0.15, -0.1) is 0 Å². The molecule has 2 saturated heterocycles. The van der Waals surface area contributed by atoms with Gasteiger partial charge in [-0.1, -0.05) is 24.3 Å². The molecule has 0 aliphatic carbocycles. The standard InChI is InChI=1S/C24H29N3O3/c1-18(20-7-9-22(10-8-20)26-12-14-30-15-13-26)25-24(29)21-5-2-4-19(16-21)17-27-11-3-6-23(27)28/h2,4-5,7-10,16,18H,3,6,11-15,17H2,1H3,(H,25,29)/t18-/m0/s1. The molecule has 0 spiro atoms. The molecule has 0 radical (unpaired) electrons. The van der Waals surface area contributed by atoms with Crippen molar-refractivity contribution in [2.45, 2.75) is 32.4 Å². The molecule has 6 nitrogen and oxygen atoms in total. The molecule has 1 N–H and O–H groups in total. The van der Waals surface area contributed by atoms with Crippen LogP contribution in [0.5, 0.6) is 0 Å². The molecule has 1 atom stereocenters. The maximum atomic E-state index is 12.8. The maximum Gasteiger partial charge on any atom is 0.251 e. The van der Waals surface area contributed by atoms with Gasteiger partial charge in [0, 0.05) is 43.9 Å². The molecule has 2 aliphatic heterocycles. The molecular weight excluding hydrogens is 378 g/mol. The van der Waals surface area contributed by atoms with Crippen LogP contribution in [0.3, 0.4) is 0 Å². The number of carbonyl (C=O) groups is 2. The van der Waals surface area contributed by atoms with Gasteiger partial charge in [0.15, 0.2) is 0 Å². The Kier molecular flexibility index (Phi) is 6.33. The molecule has 2 aromatic rings. The van der Waals surface area contributed by atoms with E-state index in [2.05, 4.69) is 34.5 Å². The van der Waals surface area contributed by atoms with E-state index in [0.29, 0.717) is 18.5 Å². The monoisotopic (exact) mass is 407 g/mol. The van der Waals surface area contributed by atoms with Gasteiger partial charge in [-0.05, 0) is 48.7 Å². The van der Waals surface area contributed by atoms with Crippen LogP contribution in [-0.2, 0) is 16.1 Å². The van der Waals surface area contributed by atoms with Gasteiger partial charge in [0.1, 0.15) is 0 Å². The molecule has 0 aromatic heterocycles. The fraction of sp³-hybridized carbons (Fsp3) is 0.417. The Morgan fingerprint density at radius 2 is 1.87 bits per heavy atom. The molecule has 2 aromatic carbocycles. The lowest BCUT2D eigenvalue weighted by Gasteiger charge is -2.29. The SMILES string of the molecule is C[C@H](NC(=O)c1cccc(CN2CCCC2=O)c1)c1ccc(N2CCOCC2)cc1.